The standard InChI is InChI=1S/C13H9FN2O2/c14-10-1-2-11-9(5-10)6-12(18-11)13(17)8-3-4-15-16-7-8/h1-7,13,17H. The van der Waals surface area contributed by atoms with Crippen molar-refractivity contribution in [1.82, 2.24) is 10.2 Å². The Morgan fingerprint density at radius 2 is 2.06 bits per heavy atom. The average molecular weight is 244 g/mol. The van der Waals surface area contributed by atoms with Crippen molar-refractivity contribution < 1.29 is 13.9 Å². The van der Waals surface area contributed by atoms with Crippen molar-refractivity contribution >= 4 is 11.0 Å². The molecule has 0 fully saturated rings. The van der Waals surface area contributed by atoms with E-state index >= 15 is 0 Å². The first kappa shape index (κ1) is 10.9. The third kappa shape index (κ3) is 1.84. The lowest BCUT2D eigenvalue weighted by atomic mass is 10.1. The van der Waals surface area contributed by atoms with Crippen LogP contribution < -0.4 is 0 Å². The molecule has 0 bridgehead atoms. The predicted molar refractivity (Wildman–Crippen MR) is 62.3 cm³/mol. The van der Waals surface area contributed by atoms with Gasteiger partial charge in [0.25, 0.3) is 0 Å². The summed E-state index contributed by atoms with van der Waals surface area (Å²) >= 11 is 0. The van der Waals surface area contributed by atoms with E-state index in [0.29, 0.717) is 22.3 Å². The normalized spacial score (nSPS) is 12.8. The van der Waals surface area contributed by atoms with E-state index < -0.39 is 6.10 Å². The van der Waals surface area contributed by atoms with Gasteiger partial charge in [-0.1, -0.05) is 0 Å². The molecule has 0 aliphatic carbocycles. The van der Waals surface area contributed by atoms with Crippen molar-refractivity contribution in [2.45, 2.75) is 6.10 Å². The first-order valence-electron chi connectivity index (χ1n) is 5.38. The van der Waals surface area contributed by atoms with Gasteiger partial charge in [0.05, 0.1) is 6.20 Å². The molecule has 0 radical (unpaired) electrons. The molecule has 0 saturated carbocycles. The quantitative estimate of drug-likeness (QED) is 0.752. The van der Waals surface area contributed by atoms with Gasteiger partial charge in [0.1, 0.15) is 23.3 Å². The van der Waals surface area contributed by atoms with E-state index in [9.17, 15) is 9.50 Å². The van der Waals surface area contributed by atoms with Gasteiger partial charge < -0.3 is 9.52 Å². The van der Waals surface area contributed by atoms with Gasteiger partial charge in [-0.2, -0.15) is 10.2 Å². The summed E-state index contributed by atoms with van der Waals surface area (Å²) in [4.78, 5) is 0. The van der Waals surface area contributed by atoms with Crippen LogP contribution in [0.1, 0.15) is 17.4 Å². The molecular weight excluding hydrogens is 235 g/mol. The number of hydrogen-bond donors (Lipinski definition) is 1. The van der Waals surface area contributed by atoms with Crippen LogP contribution in [0.15, 0.2) is 47.1 Å². The zero-order valence-electron chi connectivity index (χ0n) is 9.25. The highest BCUT2D eigenvalue weighted by atomic mass is 19.1. The maximum Gasteiger partial charge on any atom is 0.138 e. The maximum absolute atomic E-state index is 13.0. The van der Waals surface area contributed by atoms with Crippen LogP contribution in [-0.4, -0.2) is 15.3 Å². The molecule has 90 valence electrons. The van der Waals surface area contributed by atoms with Gasteiger partial charge in [0.15, 0.2) is 0 Å². The van der Waals surface area contributed by atoms with Crippen LogP contribution in [0.4, 0.5) is 4.39 Å². The van der Waals surface area contributed by atoms with Gasteiger partial charge in [0.2, 0.25) is 0 Å². The van der Waals surface area contributed by atoms with Crippen molar-refractivity contribution in [3.63, 3.8) is 0 Å². The molecule has 3 rings (SSSR count). The first-order valence-corrected chi connectivity index (χ1v) is 5.38. The highest BCUT2D eigenvalue weighted by molar-refractivity contribution is 5.78. The zero-order valence-corrected chi connectivity index (χ0v) is 9.25. The van der Waals surface area contributed by atoms with E-state index in [1.165, 1.54) is 30.6 Å². The highest BCUT2D eigenvalue weighted by Crippen LogP contribution is 2.27. The summed E-state index contributed by atoms with van der Waals surface area (Å²) in [6.07, 6.45) is 2.01. The number of rotatable bonds is 2. The number of benzene rings is 1. The lowest BCUT2D eigenvalue weighted by Crippen LogP contribution is -1.98. The SMILES string of the molecule is OC(c1ccnnc1)c1cc2cc(F)ccc2o1. The molecule has 4 nitrogen and oxygen atoms in total. The fraction of sp³-hybridized carbons (Fsp3) is 0.0769. The number of aliphatic hydroxyl groups excluding tert-OH is 1. The Morgan fingerprint density at radius 1 is 1.17 bits per heavy atom. The van der Waals surface area contributed by atoms with E-state index in [-0.39, 0.29) is 5.82 Å². The van der Waals surface area contributed by atoms with Crippen molar-refractivity contribution in [2.75, 3.05) is 0 Å². The number of aliphatic hydroxyl groups is 1. The zero-order chi connectivity index (χ0) is 12.5. The molecule has 2 aromatic heterocycles. The molecule has 1 atom stereocenters. The fourth-order valence-corrected chi connectivity index (χ4v) is 1.80. The van der Waals surface area contributed by atoms with E-state index in [2.05, 4.69) is 10.2 Å². The molecule has 2 heterocycles. The molecule has 0 spiro atoms. The maximum atomic E-state index is 13.0. The van der Waals surface area contributed by atoms with Gasteiger partial charge >= 0.3 is 0 Å². The van der Waals surface area contributed by atoms with Crippen molar-refractivity contribution in [1.29, 1.82) is 0 Å². The minimum absolute atomic E-state index is 0.338. The highest BCUT2D eigenvalue weighted by Gasteiger charge is 2.16. The summed E-state index contributed by atoms with van der Waals surface area (Å²) in [5.74, 6) is 0.0125. The Balaban J connectivity index is 2.04. The van der Waals surface area contributed by atoms with Gasteiger partial charge in [-0.25, -0.2) is 4.39 Å². The van der Waals surface area contributed by atoms with Crippen LogP contribution in [0.2, 0.25) is 0 Å². The number of halogens is 1. The summed E-state index contributed by atoms with van der Waals surface area (Å²) < 4.78 is 18.5. The second kappa shape index (κ2) is 4.19. The molecule has 5 heteroatoms. The van der Waals surface area contributed by atoms with Crippen molar-refractivity contribution in [3.05, 3.63) is 59.9 Å². The Kier molecular flexibility index (Phi) is 2.53. The predicted octanol–water partition coefficient (Wildman–Crippen LogP) is 2.44. The summed E-state index contributed by atoms with van der Waals surface area (Å²) in [6.45, 7) is 0. The Hall–Kier alpha value is -2.27. The Morgan fingerprint density at radius 3 is 2.83 bits per heavy atom. The van der Waals surface area contributed by atoms with Gasteiger partial charge in [-0.3, -0.25) is 0 Å². The van der Waals surface area contributed by atoms with Gasteiger partial charge in [-0.15, -0.1) is 0 Å². The monoisotopic (exact) mass is 244 g/mol. The number of hydrogen-bond acceptors (Lipinski definition) is 4. The van der Waals surface area contributed by atoms with Crippen molar-refractivity contribution in [3.8, 4) is 0 Å². The molecule has 0 aliphatic heterocycles. The van der Waals surface area contributed by atoms with Crippen LogP contribution in [0.25, 0.3) is 11.0 Å². The van der Waals surface area contributed by atoms with Crippen molar-refractivity contribution in [2.24, 2.45) is 0 Å². The third-order valence-corrected chi connectivity index (χ3v) is 2.69. The van der Waals surface area contributed by atoms with Crippen LogP contribution in [0.5, 0.6) is 0 Å². The molecule has 0 amide bonds. The summed E-state index contributed by atoms with van der Waals surface area (Å²) in [6, 6.07) is 7.47. The van der Waals surface area contributed by atoms with Crippen LogP contribution in [-0.2, 0) is 0 Å². The number of nitrogens with zero attached hydrogens (tertiary/aromatic N) is 2. The Bertz CT molecular complexity index is 682. The number of fused-ring (bicyclic) bond motifs is 1. The molecule has 1 unspecified atom stereocenters. The van der Waals surface area contributed by atoms with Crippen LogP contribution >= 0.6 is 0 Å². The lowest BCUT2D eigenvalue weighted by molar-refractivity contribution is 0.191. The fourth-order valence-electron chi connectivity index (χ4n) is 1.80. The summed E-state index contributed by atoms with van der Waals surface area (Å²) in [5.41, 5.74) is 1.11. The van der Waals surface area contributed by atoms with E-state index in [1.807, 2.05) is 0 Å². The Labute approximate surface area is 102 Å². The molecule has 3 aromatic rings. The average Bonchev–Trinajstić information content (AvgIpc) is 2.81. The summed E-state index contributed by atoms with van der Waals surface area (Å²) in [7, 11) is 0. The van der Waals surface area contributed by atoms with E-state index in [0.717, 1.165) is 0 Å². The number of aromatic nitrogens is 2. The van der Waals surface area contributed by atoms with E-state index in [1.54, 1.807) is 12.1 Å². The van der Waals surface area contributed by atoms with Crippen LogP contribution in [0.3, 0.4) is 0 Å². The van der Waals surface area contributed by atoms with Gasteiger partial charge in [0, 0.05) is 17.1 Å². The molecule has 1 N–H and O–H groups in total. The smallest absolute Gasteiger partial charge is 0.138 e. The second-order valence-electron chi connectivity index (χ2n) is 3.91. The topological polar surface area (TPSA) is 59.2 Å². The third-order valence-electron chi connectivity index (χ3n) is 2.69. The molecule has 18 heavy (non-hydrogen) atoms. The lowest BCUT2D eigenvalue weighted by Gasteiger charge is -2.05. The minimum Gasteiger partial charge on any atom is -0.458 e. The number of furan rings is 1. The van der Waals surface area contributed by atoms with Crippen LogP contribution in [0, 0.1) is 5.82 Å². The molecule has 0 aliphatic rings. The second-order valence-corrected chi connectivity index (χ2v) is 3.91. The summed E-state index contributed by atoms with van der Waals surface area (Å²) in [5, 5.41) is 18.0. The molecule has 0 saturated heterocycles. The van der Waals surface area contributed by atoms with Gasteiger partial charge in [-0.05, 0) is 30.3 Å². The molecule has 1 aromatic carbocycles. The first-order chi connectivity index (χ1) is 8.74. The minimum atomic E-state index is -0.934. The largest absolute Gasteiger partial charge is 0.458 e. The van der Waals surface area contributed by atoms with E-state index in [4.69, 9.17) is 4.42 Å². The molecular formula is C13H9FN2O2.